The Hall–Kier alpha value is -2.69. The van der Waals surface area contributed by atoms with Crippen LogP contribution < -0.4 is 0 Å². The van der Waals surface area contributed by atoms with Gasteiger partial charge in [0.25, 0.3) is 0 Å². The molecule has 0 amide bonds. The summed E-state index contributed by atoms with van der Waals surface area (Å²) in [5, 5.41) is 8.81. The molecule has 0 saturated heterocycles. The maximum atomic E-state index is 12.0. The average Bonchev–Trinajstić information content (AvgIpc) is 2.46. The number of aromatic nitrogens is 1. The Labute approximate surface area is 115 Å². The molecule has 0 spiro atoms. The van der Waals surface area contributed by atoms with E-state index in [9.17, 15) is 9.59 Å². The van der Waals surface area contributed by atoms with Crippen LogP contribution in [0, 0.1) is 0 Å². The molecule has 20 heavy (non-hydrogen) atoms. The van der Waals surface area contributed by atoms with Gasteiger partial charge in [-0.3, -0.25) is 9.78 Å². The Kier molecular flexibility index (Phi) is 4.44. The van der Waals surface area contributed by atoms with Crippen LogP contribution in [-0.4, -0.2) is 22.0 Å². The molecule has 2 aromatic rings. The zero-order valence-electron chi connectivity index (χ0n) is 10.7. The average molecular weight is 271 g/mol. The van der Waals surface area contributed by atoms with Crippen molar-refractivity contribution >= 4 is 11.9 Å². The highest BCUT2D eigenvalue weighted by atomic mass is 16.5. The van der Waals surface area contributed by atoms with Gasteiger partial charge in [-0.05, 0) is 17.2 Å². The van der Waals surface area contributed by atoms with Crippen LogP contribution in [0.1, 0.15) is 21.5 Å². The van der Waals surface area contributed by atoms with E-state index in [1.54, 1.807) is 0 Å². The number of carbonyl (C=O) groups is 2. The van der Waals surface area contributed by atoms with Crippen molar-refractivity contribution in [2.45, 2.75) is 13.0 Å². The Morgan fingerprint density at radius 1 is 1.15 bits per heavy atom. The third-order valence-electron chi connectivity index (χ3n) is 2.69. The summed E-state index contributed by atoms with van der Waals surface area (Å²) in [4.78, 5) is 26.6. The molecule has 1 aromatic heterocycles. The molecule has 0 aliphatic carbocycles. The summed E-state index contributed by atoms with van der Waals surface area (Å²) in [7, 11) is 0. The van der Waals surface area contributed by atoms with Crippen LogP contribution in [0.25, 0.3) is 0 Å². The van der Waals surface area contributed by atoms with Crippen molar-refractivity contribution in [1.29, 1.82) is 0 Å². The minimum absolute atomic E-state index is 0.140. The SMILES string of the molecule is O=C(O)Cc1ccncc1C(=O)OCc1ccccc1. The first-order valence-corrected chi connectivity index (χ1v) is 6.02. The van der Waals surface area contributed by atoms with Gasteiger partial charge in [-0.2, -0.15) is 0 Å². The van der Waals surface area contributed by atoms with Crippen molar-refractivity contribution in [3.63, 3.8) is 0 Å². The van der Waals surface area contributed by atoms with Gasteiger partial charge in [0, 0.05) is 12.4 Å². The monoisotopic (exact) mass is 271 g/mol. The smallest absolute Gasteiger partial charge is 0.340 e. The second-order valence-electron chi connectivity index (χ2n) is 4.17. The van der Waals surface area contributed by atoms with Crippen molar-refractivity contribution < 1.29 is 19.4 Å². The number of rotatable bonds is 5. The lowest BCUT2D eigenvalue weighted by Gasteiger charge is -2.07. The lowest BCUT2D eigenvalue weighted by molar-refractivity contribution is -0.136. The van der Waals surface area contributed by atoms with Crippen LogP contribution >= 0.6 is 0 Å². The largest absolute Gasteiger partial charge is 0.481 e. The highest BCUT2D eigenvalue weighted by Gasteiger charge is 2.15. The number of esters is 1. The Bertz CT molecular complexity index is 610. The lowest BCUT2D eigenvalue weighted by Crippen LogP contribution is -2.11. The fraction of sp³-hybridized carbons (Fsp3) is 0.133. The molecular formula is C15H13NO4. The number of pyridine rings is 1. The summed E-state index contributed by atoms with van der Waals surface area (Å²) < 4.78 is 5.16. The molecule has 0 aliphatic heterocycles. The van der Waals surface area contributed by atoms with Crippen molar-refractivity contribution in [3.05, 3.63) is 65.5 Å². The molecule has 0 atom stereocenters. The van der Waals surface area contributed by atoms with Gasteiger partial charge in [-0.25, -0.2) is 4.79 Å². The van der Waals surface area contributed by atoms with Gasteiger partial charge < -0.3 is 9.84 Å². The van der Waals surface area contributed by atoms with Crippen LogP contribution in [0.5, 0.6) is 0 Å². The second-order valence-corrected chi connectivity index (χ2v) is 4.17. The number of benzene rings is 1. The van der Waals surface area contributed by atoms with Gasteiger partial charge in [0.1, 0.15) is 6.61 Å². The number of carboxylic acid groups (broad SMARTS) is 1. The van der Waals surface area contributed by atoms with E-state index in [0.717, 1.165) is 5.56 Å². The number of carboxylic acids is 1. The topological polar surface area (TPSA) is 76.5 Å². The molecule has 0 radical (unpaired) electrons. The van der Waals surface area contributed by atoms with Gasteiger partial charge in [0.05, 0.1) is 12.0 Å². The molecule has 0 saturated carbocycles. The summed E-state index contributed by atoms with van der Waals surface area (Å²) >= 11 is 0. The van der Waals surface area contributed by atoms with E-state index < -0.39 is 11.9 Å². The first-order chi connectivity index (χ1) is 9.66. The Balaban J connectivity index is 2.07. The van der Waals surface area contributed by atoms with E-state index in [-0.39, 0.29) is 18.6 Å². The normalized spacial score (nSPS) is 10.0. The third-order valence-corrected chi connectivity index (χ3v) is 2.69. The zero-order valence-corrected chi connectivity index (χ0v) is 10.7. The van der Waals surface area contributed by atoms with Crippen molar-refractivity contribution in [2.75, 3.05) is 0 Å². The maximum absolute atomic E-state index is 12.0. The highest BCUT2D eigenvalue weighted by Crippen LogP contribution is 2.11. The first-order valence-electron chi connectivity index (χ1n) is 6.02. The number of ether oxygens (including phenoxy) is 1. The number of nitrogens with zero attached hydrogens (tertiary/aromatic N) is 1. The predicted octanol–water partition coefficient (Wildman–Crippen LogP) is 2.07. The molecule has 1 N–H and O–H groups in total. The van der Waals surface area contributed by atoms with E-state index in [4.69, 9.17) is 9.84 Å². The van der Waals surface area contributed by atoms with Crippen LogP contribution in [0.3, 0.4) is 0 Å². The van der Waals surface area contributed by atoms with E-state index in [1.807, 2.05) is 30.3 Å². The van der Waals surface area contributed by atoms with E-state index in [1.165, 1.54) is 18.5 Å². The first kappa shape index (κ1) is 13.7. The van der Waals surface area contributed by atoms with E-state index >= 15 is 0 Å². The number of hydrogen-bond donors (Lipinski definition) is 1. The zero-order chi connectivity index (χ0) is 14.4. The molecule has 0 fully saturated rings. The standard InChI is InChI=1S/C15H13NO4/c17-14(18)8-12-6-7-16-9-13(12)15(19)20-10-11-4-2-1-3-5-11/h1-7,9H,8,10H2,(H,17,18). The van der Waals surface area contributed by atoms with Crippen LogP contribution in [-0.2, 0) is 22.6 Å². The fourth-order valence-electron chi connectivity index (χ4n) is 1.73. The summed E-state index contributed by atoms with van der Waals surface area (Å²) in [6.07, 6.45) is 2.54. The molecule has 5 heteroatoms. The molecule has 0 unspecified atom stereocenters. The molecule has 1 heterocycles. The molecule has 5 nitrogen and oxygen atoms in total. The molecule has 0 aliphatic rings. The number of aliphatic carboxylic acids is 1. The Morgan fingerprint density at radius 3 is 2.60 bits per heavy atom. The van der Waals surface area contributed by atoms with Crippen molar-refractivity contribution in [1.82, 2.24) is 4.98 Å². The van der Waals surface area contributed by atoms with E-state index in [0.29, 0.717) is 5.56 Å². The summed E-state index contributed by atoms with van der Waals surface area (Å²) in [5.74, 6) is -1.58. The van der Waals surface area contributed by atoms with E-state index in [2.05, 4.69) is 4.98 Å². The number of hydrogen-bond acceptors (Lipinski definition) is 4. The quantitative estimate of drug-likeness (QED) is 0.842. The lowest BCUT2D eigenvalue weighted by atomic mass is 10.1. The summed E-state index contributed by atoms with van der Waals surface area (Å²) in [6.45, 7) is 0.140. The van der Waals surface area contributed by atoms with Gasteiger partial charge in [0.15, 0.2) is 0 Å². The highest BCUT2D eigenvalue weighted by molar-refractivity contribution is 5.92. The molecule has 102 valence electrons. The second kappa shape index (κ2) is 6.47. The summed E-state index contributed by atoms with van der Waals surface area (Å²) in [6, 6.07) is 10.8. The predicted molar refractivity (Wildman–Crippen MR) is 71.1 cm³/mol. The molecule has 2 rings (SSSR count). The molecule has 1 aromatic carbocycles. The van der Waals surface area contributed by atoms with Gasteiger partial charge in [-0.1, -0.05) is 30.3 Å². The number of carbonyl (C=O) groups excluding carboxylic acids is 1. The Morgan fingerprint density at radius 2 is 1.90 bits per heavy atom. The summed E-state index contributed by atoms with van der Waals surface area (Å²) in [5.41, 5.74) is 1.45. The third kappa shape index (κ3) is 3.65. The van der Waals surface area contributed by atoms with Crippen LogP contribution in [0.2, 0.25) is 0 Å². The maximum Gasteiger partial charge on any atom is 0.340 e. The van der Waals surface area contributed by atoms with Gasteiger partial charge in [-0.15, -0.1) is 0 Å². The van der Waals surface area contributed by atoms with Crippen LogP contribution in [0.4, 0.5) is 0 Å². The minimum Gasteiger partial charge on any atom is -0.481 e. The van der Waals surface area contributed by atoms with Crippen molar-refractivity contribution in [3.8, 4) is 0 Å². The van der Waals surface area contributed by atoms with Gasteiger partial charge >= 0.3 is 11.9 Å². The minimum atomic E-state index is -1.01. The molecule has 0 bridgehead atoms. The fourth-order valence-corrected chi connectivity index (χ4v) is 1.73. The van der Waals surface area contributed by atoms with Gasteiger partial charge in [0.2, 0.25) is 0 Å². The van der Waals surface area contributed by atoms with Crippen LogP contribution in [0.15, 0.2) is 48.8 Å². The molecular weight excluding hydrogens is 258 g/mol. The van der Waals surface area contributed by atoms with Crippen molar-refractivity contribution in [2.24, 2.45) is 0 Å².